The fourth-order valence-corrected chi connectivity index (χ4v) is 4.79. The molecular formula is C24H16Cl2N5O3S-. The van der Waals surface area contributed by atoms with Crippen molar-refractivity contribution >= 4 is 62.8 Å². The molecule has 8 nitrogen and oxygen atoms in total. The number of fused-ring (bicyclic) bond motifs is 1. The first kappa shape index (κ1) is 24.6. The van der Waals surface area contributed by atoms with Crippen LogP contribution in [0.3, 0.4) is 0 Å². The molecule has 11 heteroatoms. The van der Waals surface area contributed by atoms with E-state index in [1.54, 1.807) is 43.3 Å². The van der Waals surface area contributed by atoms with E-state index in [1.165, 1.54) is 30.6 Å². The lowest BCUT2D eigenvalue weighted by atomic mass is 10.1. The van der Waals surface area contributed by atoms with Crippen LogP contribution < -0.4 is 9.62 Å². The van der Waals surface area contributed by atoms with Crippen LogP contribution in [0.1, 0.15) is 34.5 Å². The Labute approximate surface area is 213 Å². The first-order chi connectivity index (χ1) is 16.8. The molecule has 0 saturated heterocycles. The van der Waals surface area contributed by atoms with Crippen molar-refractivity contribution in [1.82, 2.24) is 15.3 Å². The molecule has 1 N–H and O–H groups in total. The summed E-state index contributed by atoms with van der Waals surface area (Å²) in [5.41, 5.74) is 1.79. The molecule has 35 heavy (non-hydrogen) atoms. The maximum Gasteiger partial charge on any atom is 0.253 e. The molecule has 1 amide bonds. The number of carbonyl (C=O) groups excluding carboxylic acids is 1. The molecule has 3 aromatic carbocycles. The number of nitrogens with one attached hydrogen (secondary N) is 1. The second-order valence-electron chi connectivity index (χ2n) is 7.42. The molecule has 2 unspecified atom stereocenters. The Morgan fingerprint density at radius 2 is 1.89 bits per heavy atom. The summed E-state index contributed by atoms with van der Waals surface area (Å²) >= 11 is 9.38. The van der Waals surface area contributed by atoms with Crippen LogP contribution >= 0.6 is 23.2 Å². The van der Waals surface area contributed by atoms with Gasteiger partial charge in [-0.1, -0.05) is 35.3 Å². The van der Waals surface area contributed by atoms with Gasteiger partial charge in [0.1, 0.15) is 5.52 Å². The van der Waals surface area contributed by atoms with E-state index in [0.717, 1.165) is 4.31 Å². The highest BCUT2D eigenvalue weighted by Gasteiger charge is 2.23. The van der Waals surface area contributed by atoms with Gasteiger partial charge in [-0.15, -0.1) is 0 Å². The lowest BCUT2D eigenvalue weighted by Gasteiger charge is -2.29. The monoisotopic (exact) mass is 524 g/mol. The lowest BCUT2D eigenvalue weighted by Crippen LogP contribution is -2.30. The Balaban J connectivity index is 1.80. The highest BCUT2D eigenvalue weighted by molar-refractivity contribution is 7.81. The number of halogens is 2. The SMILES string of the molecule is CC(NC(=O)c1ccc(C#N)cc1N(c1cccc2nccnc12)S(=O)[O-])c1ccc(Cl)cc1Cl. The van der Waals surface area contributed by atoms with E-state index >= 15 is 0 Å². The number of benzene rings is 3. The Kier molecular flexibility index (Phi) is 7.28. The van der Waals surface area contributed by atoms with Crippen molar-refractivity contribution in [2.45, 2.75) is 13.0 Å². The summed E-state index contributed by atoms with van der Waals surface area (Å²) in [6.07, 6.45) is 2.93. The molecule has 0 spiro atoms. The summed E-state index contributed by atoms with van der Waals surface area (Å²) < 4.78 is 25.9. The van der Waals surface area contributed by atoms with Crippen LogP contribution in [0.4, 0.5) is 11.4 Å². The average Bonchev–Trinajstić information content (AvgIpc) is 2.84. The number of aromatic nitrogens is 2. The second kappa shape index (κ2) is 10.4. The fraction of sp³-hybridized carbons (Fsp3) is 0.0833. The molecule has 4 rings (SSSR count). The number of para-hydroxylation sites is 1. The van der Waals surface area contributed by atoms with E-state index < -0.39 is 23.2 Å². The van der Waals surface area contributed by atoms with E-state index in [0.29, 0.717) is 26.6 Å². The van der Waals surface area contributed by atoms with E-state index in [4.69, 9.17) is 23.2 Å². The highest BCUT2D eigenvalue weighted by atomic mass is 35.5. The van der Waals surface area contributed by atoms with Crippen LogP contribution in [0.5, 0.6) is 0 Å². The van der Waals surface area contributed by atoms with Gasteiger partial charge in [0.15, 0.2) is 0 Å². The van der Waals surface area contributed by atoms with Crippen LogP contribution in [0.25, 0.3) is 11.0 Å². The Bertz CT molecular complexity index is 1500. The molecule has 0 saturated carbocycles. The summed E-state index contributed by atoms with van der Waals surface area (Å²) in [5, 5.41) is 13.1. The smallest absolute Gasteiger partial charge is 0.253 e. The molecule has 0 aliphatic heterocycles. The van der Waals surface area contributed by atoms with Gasteiger partial charge in [0.2, 0.25) is 0 Å². The Morgan fingerprint density at radius 3 is 2.60 bits per heavy atom. The number of nitriles is 1. The zero-order chi connectivity index (χ0) is 25.1. The molecule has 176 valence electrons. The molecule has 0 bridgehead atoms. The van der Waals surface area contributed by atoms with Gasteiger partial charge in [0.05, 0.1) is 51.4 Å². The zero-order valence-corrected chi connectivity index (χ0v) is 20.4. The second-order valence-corrected chi connectivity index (χ2v) is 9.06. The minimum atomic E-state index is -2.86. The van der Waals surface area contributed by atoms with Gasteiger partial charge >= 0.3 is 0 Å². The van der Waals surface area contributed by atoms with Crippen molar-refractivity contribution in [1.29, 1.82) is 5.26 Å². The third-order valence-corrected chi connectivity index (χ3v) is 6.47. The minimum absolute atomic E-state index is 0.0116. The van der Waals surface area contributed by atoms with Crippen molar-refractivity contribution in [3.05, 3.63) is 93.7 Å². The summed E-state index contributed by atoms with van der Waals surface area (Å²) in [6.45, 7) is 1.74. The molecular weight excluding hydrogens is 509 g/mol. The van der Waals surface area contributed by atoms with Gasteiger partial charge < -0.3 is 9.87 Å². The van der Waals surface area contributed by atoms with Gasteiger partial charge in [-0.2, -0.15) is 5.26 Å². The van der Waals surface area contributed by atoms with Crippen molar-refractivity contribution in [3.8, 4) is 6.07 Å². The normalized spacial score (nSPS) is 12.5. The number of rotatable bonds is 6. The fourth-order valence-electron chi connectivity index (χ4n) is 3.60. The molecule has 0 fully saturated rings. The Morgan fingerprint density at radius 1 is 1.11 bits per heavy atom. The van der Waals surface area contributed by atoms with Crippen LogP contribution in [-0.4, -0.2) is 24.6 Å². The summed E-state index contributed by atoms with van der Waals surface area (Å²) in [7, 11) is 0. The molecule has 0 radical (unpaired) electrons. The van der Waals surface area contributed by atoms with Crippen molar-refractivity contribution in [3.63, 3.8) is 0 Å². The number of nitrogens with zero attached hydrogens (tertiary/aromatic N) is 4. The third-order valence-electron chi connectivity index (χ3n) is 5.21. The number of anilines is 2. The van der Waals surface area contributed by atoms with Gasteiger partial charge in [-0.25, -0.2) is 0 Å². The predicted octanol–water partition coefficient (Wildman–Crippen LogP) is 5.23. The van der Waals surface area contributed by atoms with Gasteiger partial charge in [0.25, 0.3) is 5.91 Å². The van der Waals surface area contributed by atoms with Crippen LogP contribution in [0, 0.1) is 11.3 Å². The largest absolute Gasteiger partial charge is 0.755 e. The van der Waals surface area contributed by atoms with Crippen LogP contribution in [0.15, 0.2) is 67.0 Å². The van der Waals surface area contributed by atoms with Crippen LogP contribution in [-0.2, 0) is 11.3 Å². The molecule has 2 atom stereocenters. The number of carbonyl (C=O) groups is 1. The summed E-state index contributed by atoms with van der Waals surface area (Å²) in [5.74, 6) is -0.565. The molecule has 0 aliphatic rings. The summed E-state index contributed by atoms with van der Waals surface area (Å²) in [4.78, 5) is 21.8. The van der Waals surface area contributed by atoms with E-state index in [-0.39, 0.29) is 22.5 Å². The first-order valence-electron chi connectivity index (χ1n) is 10.2. The number of hydrogen-bond acceptors (Lipinski definition) is 6. The van der Waals surface area contributed by atoms with Crippen molar-refractivity contribution in [2.24, 2.45) is 0 Å². The first-order valence-corrected chi connectivity index (χ1v) is 12.0. The van der Waals surface area contributed by atoms with Gasteiger partial charge in [-0.05, 0) is 55.0 Å². The van der Waals surface area contributed by atoms with Crippen LogP contribution in [0.2, 0.25) is 10.0 Å². The zero-order valence-electron chi connectivity index (χ0n) is 18.1. The average molecular weight is 525 g/mol. The Hall–Kier alpha value is -3.55. The maximum atomic E-state index is 13.3. The minimum Gasteiger partial charge on any atom is -0.755 e. The highest BCUT2D eigenvalue weighted by Crippen LogP contribution is 2.35. The molecule has 4 aromatic rings. The third kappa shape index (κ3) is 5.11. The predicted molar refractivity (Wildman–Crippen MR) is 134 cm³/mol. The quantitative estimate of drug-likeness (QED) is 0.344. The molecule has 1 aromatic heterocycles. The van der Waals surface area contributed by atoms with Crippen molar-refractivity contribution < 1.29 is 13.6 Å². The van der Waals surface area contributed by atoms with E-state index in [9.17, 15) is 18.8 Å². The number of hydrogen-bond donors (Lipinski definition) is 1. The van der Waals surface area contributed by atoms with E-state index in [1.807, 2.05) is 6.07 Å². The number of amides is 1. The van der Waals surface area contributed by atoms with Crippen molar-refractivity contribution in [2.75, 3.05) is 4.31 Å². The van der Waals surface area contributed by atoms with Gasteiger partial charge in [-0.3, -0.25) is 23.3 Å². The molecule has 1 heterocycles. The topological polar surface area (TPSA) is 122 Å². The summed E-state index contributed by atoms with van der Waals surface area (Å²) in [6, 6.07) is 15.4. The van der Waals surface area contributed by atoms with Gasteiger partial charge in [0, 0.05) is 22.4 Å². The van der Waals surface area contributed by atoms with E-state index in [2.05, 4.69) is 15.3 Å². The standard InChI is InChI=1S/C24H17Cl2N5O3S/c1-14(17-8-6-16(25)12-19(17)26)30-24(32)18-7-5-15(13-27)11-22(18)31(35(33)34)21-4-2-3-20-23(21)29-10-9-28-20/h2-12,14H,1H3,(H,30,32)(H,33,34)/p-1. The molecule has 0 aliphatic carbocycles. The maximum absolute atomic E-state index is 13.3. The lowest BCUT2D eigenvalue weighted by molar-refractivity contribution is 0.0940.